The zero-order chi connectivity index (χ0) is 18.2. The molecule has 2 aliphatic rings. The Balaban J connectivity index is 1.57. The van der Waals surface area contributed by atoms with Crippen molar-refractivity contribution in [1.82, 2.24) is 15.5 Å². The van der Waals surface area contributed by atoms with E-state index in [0.717, 1.165) is 56.6 Å². The Morgan fingerprint density at radius 3 is 2.65 bits per heavy atom. The number of ether oxygens (including phenoxy) is 1. The minimum absolute atomic E-state index is 0.141. The van der Waals surface area contributed by atoms with Gasteiger partial charge in [0.15, 0.2) is 5.96 Å². The van der Waals surface area contributed by atoms with Gasteiger partial charge in [-0.25, -0.2) is 4.99 Å². The molecule has 26 heavy (non-hydrogen) atoms. The largest absolute Gasteiger partial charge is 0.490 e. The Morgan fingerprint density at radius 2 is 1.96 bits per heavy atom. The number of carbonyl (C=O) groups is 1. The third-order valence-corrected chi connectivity index (χ3v) is 4.94. The Hall–Kier alpha value is -2.24. The van der Waals surface area contributed by atoms with Crippen LogP contribution in [0.2, 0.25) is 0 Å². The molecule has 1 heterocycles. The summed E-state index contributed by atoms with van der Waals surface area (Å²) in [5.41, 5.74) is 1.07. The molecule has 1 amide bonds. The zero-order valence-corrected chi connectivity index (χ0v) is 15.7. The lowest BCUT2D eigenvalue weighted by molar-refractivity contribution is -0.128. The average Bonchev–Trinajstić information content (AvgIpc) is 3.16. The minimum atomic E-state index is 0.141. The predicted octanol–water partition coefficient (Wildman–Crippen LogP) is 2.30. The van der Waals surface area contributed by atoms with E-state index in [1.807, 2.05) is 30.0 Å². The van der Waals surface area contributed by atoms with Gasteiger partial charge >= 0.3 is 0 Å². The first-order chi connectivity index (χ1) is 12.8. The molecule has 6 nitrogen and oxygen atoms in total. The normalized spacial score (nSPS) is 17.7. The monoisotopic (exact) mass is 358 g/mol. The van der Waals surface area contributed by atoms with Gasteiger partial charge < -0.3 is 20.3 Å². The minimum Gasteiger partial charge on any atom is -0.490 e. The number of nitrogens with one attached hydrogen (secondary N) is 2. The van der Waals surface area contributed by atoms with Crippen LogP contribution in [0, 0.1) is 0 Å². The second kappa shape index (κ2) is 9.46. The van der Waals surface area contributed by atoms with Crippen LogP contribution in [-0.2, 0) is 11.3 Å². The summed E-state index contributed by atoms with van der Waals surface area (Å²) in [7, 11) is 0. The molecule has 6 heteroatoms. The van der Waals surface area contributed by atoms with Crippen molar-refractivity contribution in [1.29, 1.82) is 0 Å². The van der Waals surface area contributed by atoms with Crippen molar-refractivity contribution in [2.24, 2.45) is 4.99 Å². The van der Waals surface area contributed by atoms with Gasteiger partial charge in [-0.3, -0.25) is 4.79 Å². The Morgan fingerprint density at radius 1 is 1.19 bits per heavy atom. The lowest BCUT2D eigenvalue weighted by atomic mass is 9.96. The van der Waals surface area contributed by atoms with Crippen LogP contribution in [-0.4, -0.2) is 49.0 Å². The van der Waals surface area contributed by atoms with Gasteiger partial charge in [0.05, 0.1) is 19.2 Å². The van der Waals surface area contributed by atoms with E-state index in [9.17, 15) is 4.79 Å². The lowest BCUT2D eigenvalue weighted by Crippen LogP contribution is -2.44. The van der Waals surface area contributed by atoms with Gasteiger partial charge in [-0.15, -0.1) is 0 Å². The number of benzene rings is 1. The number of para-hydroxylation sites is 1. The highest BCUT2D eigenvalue weighted by Gasteiger charge is 2.20. The Labute approximate surface area is 156 Å². The summed E-state index contributed by atoms with van der Waals surface area (Å²) in [6.07, 6.45) is 6.10. The van der Waals surface area contributed by atoms with Gasteiger partial charge in [0, 0.05) is 25.2 Å². The number of likely N-dealkylation sites (tertiary alicyclic amines) is 1. The van der Waals surface area contributed by atoms with Crippen molar-refractivity contribution < 1.29 is 9.53 Å². The molecule has 0 bridgehead atoms. The fourth-order valence-electron chi connectivity index (χ4n) is 3.16. The molecule has 1 aliphatic carbocycles. The zero-order valence-electron chi connectivity index (χ0n) is 15.7. The summed E-state index contributed by atoms with van der Waals surface area (Å²) in [5.74, 6) is 1.73. The van der Waals surface area contributed by atoms with Crippen LogP contribution in [0.25, 0.3) is 0 Å². The predicted molar refractivity (Wildman–Crippen MR) is 103 cm³/mol. The maximum absolute atomic E-state index is 12.2. The van der Waals surface area contributed by atoms with Crippen molar-refractivity contribution in [2.45, 2.75) is 51.7 Å². The standard InChI is InChI=1S/C20H30N4O2/c1-2-21-20(23-15-19(25)24-12-5-6-13-24)22-14-16-8-3-4-11-18(16)26-17-9-7-10-17/h3-4,8,11,17H,2,5-7,9-10,12-15H2,1H3,(H2,21,22,23). The van der Waals surface area contributed by atoms with Crippen LogP contribution in [0.3, 0.4) is 0 Å². The molecule has 0 radical (unpaired) electrons. The van der Waals surface area contributed by atoms with E-state index in [2.05, 4.69) is 21.7 Å². The molecule has 2 N–H and O–H groups in total. The molecule has 142 valence electrons. The number of amides is 1. The van der Waals surface area contributed by atoms with Gasteiger partial charge in [0.1, 0.15) is 5.75 Å². The van der Waals surface area contributed by atoms with Crippen molar-refractivity contribution >= 4 is 11.9 Å². The van der Waals surface area contributed by atoms with Crippen molar-refractivity contribution in [3.63, 3.8) is 0 Å². The van der Waals surface area contributed by atoms with E-state index in [4.69, 9.17) is 4.74 Å². The van der Waals surface area contributed by atoms with Crippen LogP contribution < -0.4 is 15.4 Å². The number of hydrogen-bond acceptors (Lipinski definition) is 3. The third-order valence-electron chi connectivity index (χ3n) is 4.94. The molecule has 1 aromatic carbocycles. The first kappa shape index (κ1) is 18.5. The highest BCUT2D eigenvalue weighted by Crippen LogP contribution is 2.27. The smallest absolute Gasteiger partial charge is 0.241 e. The van der Waals surface area contributed by atoms with Crippen molar-refractivity contribution in [2.75, 3.05) is 26.2 Å². The van der Waals surface area contributed by atoms with Crippen LogP contribution >= 0.6 is 0 Å². The summed E-state index contributed by atoms with van der Waals surface area (Å²) >= 11 is 0. The molecule has 1 aromatic rings. The maximum atomic E-state index is 12.2. The summed E-state index contributed by atoms with van der Waals surface area (Å²) < 4.78 is 6.07. The molecular weight excluding hydrogens is 328 g/mol. The van der Waals surface area contributed by atoms with E-state index in [1.165, 1.54) is 6.42 Å². The Kier molecular flexibility index (Phi) is 6.75. The van der Waals surface area contributed by atoms with Gasteiger partial charge in [0.2, 0.25) is 5.91 Å². The summed E-state index contributed by atoms with van der Waals surface area (Å²) in [6.45, 7) is 5.33. The lowest BCUT2D eigenvalue weighted by Gasteiger charge is -2.27. The van der Waals surface area contributed by atoms with Gasteiger partial charge in [0.25, 0.3) is 0 Å². The molecule has 3 rings (SSSR count). The SMILES string of the molecule is CCNC(=NCc1ccccc1OC1CCC1)NCC(=O)N1CCCC1. The molecule has 1 aliphatic heterocycles. The van der Waals surface area contributed by atoms with Gasteiger partial charge in [-0.1, -0.05) is 18.2 Å². The molecule has 0 spiro atoms. The number of carbonyl (C=O) groups excluding carboxylic acids is 1. The first-order valence-corrected chi connectivity index (χ1v) is 9.81. The van der Waals surface area contributed by atoms with Crippen LogP contribution in [0.15, 0.2) is 29.3 Å². The molecule has 0 aromatic heterocycles. The van der Waals surface area contributed by atoms with E-state index in [0.29, 0.717) is 18.6 Å². The molecule has 1 saturated heterocycles. The average molecular weight is 358 g/mol. The second-order valence-electron chi connectivity index (χ2n) is 6.92. The van der Waals surface area contributed by atoms with Crippen molar-refractivity contribution in [3.05, 3.63) is 29.8 Å². The highest BCUT2D eigenvalue weighted by atomic mass is 16.5. The summed E-state index contributed by atoms with van der Waals surface area (Å²) in [6, 6.07) is 8.08. The van der Waals surface area contributed by atoms with Crippen LogP contribution in [0.1, 0.15) is 44.6 Å². The number of aliphatic imine (C=N–C) groups is 1. The van der Waals surface area contributed by atoms with Gasteiger partial charge in [-0.2, -0.15) is 0 Å². The molecule has 0 atom stereocenters. The maximum Gasteiger partial charge on any atom is 0.241 e. The molecule has 0 unspecified atom stereocenters. The fourth-order valence-corrected chi connectivity index (χ4v) is 3.16. The molecular formula is C20H30N4O2. The molecule has 2 fully saturated rings. The summed E-state index contributed by atoms with van der Waals surface area (Å²) in [4.78, 5) is 18.8. The number of rotatable bonds is 7. The fraction of sp³-hybridized carbons (Fsp3) is 0.600. The van der Waals surface area contributed by atoms with Gasteiger partial charge in [-0.05, 0) is 45.1 Å². The quantitative estimate of drug-likeness (QED) is 0.580. The van der Waals surface area contributed by atoms with E-state index >= 15 is 0 Å². The number of hydrogen-bond donors (Lipinski definition) is 2. The van der Waals surface area contributed by atoms with E-state index in [1.54, 1.807) is 0 Å². The summed E-state index contributed by atoms with van der Waals surface area (Å²) in [5, 5.41) is 6.37. The second-order valence-corrected chi connectivity index (χ2v) is 6.92. The van der Waals surface area contributed by atoms with Crippen molar-refractivity contribution in [3.8, 4) is 5.75 Å². The van der Waals surface area contributed by atoms with E-state index in [-0.39, 0.29) is 12.5 Å². The topological polar surface area (TPSA) is 66.0 Å². The highest BCUT2D eigenvalue weighted by molar-refractivity contribution is 5.86. The van der Waals surface area contributed by atoms with Crippen LogP contribution in [0.5, 0.6) is 5.75 Å². The van der Waals surface area contributed by atoms with E-state index < -0.39 is 0 Å². The number of nitrogens with zero attached hydrogens (tertiary/aromatic N) is 2. The molecule has 1 saturated carbocycles. The third kappa shape index (κ3) is 5.13. The van der Waals surface area contributed by atoms with Crippen LogP contribution in [0.4, 0.5) is 0 Å². The number of guanidine groups is 1. The Bertz CT molecular complexity index is 622. The first-order valence-electron chi connectivity index (χ1n) is 9.81.